The lowest BCUT2D eigenvalue weighted by Crippen LogP contribution is -2.60. The molecule has 2 N–H and O–H groups in total. The van der Waals surface area contributed by atoms with Crippen molar-refractivity contribution in [2.75, 3.05) is 36.4 Å². The SMILES string of the molecule is O=C(CN1CCN(c2ccc(Cl)cc2)[C@H](C(F)(F)F)C1)Nc1ccc2[nH]c(=O)ccc2c1. The molecule has 1 aromatic heterocycles. The van der Waals surface area contributed by atoms with Gasteiger partial charge in [-0.2, -0.15) is 13.2 Å². The van der Waals surface area contributed by atoms with E-state index in [0.29, 0.717) is 28.5 Å². The Kier molecular flexibility index (Phi) is 6.12. The van der Waals surface area contributed by atoms with Crippen molar-refractivity contribution in [1.29, 1.82) is 0 Å². The number of alkyl halides is 3. The van der Waals surface area contributed by atoms with Gasteiger partial charge >= 0.3 is 6.18 Å². The normalized spacial score (nSPS) is 17.5. The van der Waals surface area contributed by atoms with Crippen LogP contribution in [0, 0.1) is 0 Å². The van der Waals surface area contributed by atoms with E-state index in [1.165, 1.54) is 15.9 Å². The van der Waals surface area contributed by atoms with Crippen LogP contribution in [0.25, 0.3) is 10.9 Å². The number of anilines is 2. The van der Waals surface area contributed by atoms with E-state index in [1.807, 2.05) is 0 Å². The molecule has 4 rings (SSSR count). The number of carbonyl (C=O) groups excluding carboxylic acids is 1. The van der Waals surface area contributed by atoms with Crippen molar-refractivity contribution in [3.63, 3.8) is 0 Å². The average molecular weight is 465 g/mol. The maximum absolute atomic E-state index is 13.8. The number of amides is 1. The van der Waals surface area contributed by atoms with E-state index < -0.39 is 18.1 Å². The molecular formula is C22H20ClF3N4O2. The highest BCUT2D eigenvalue weighted by Crippen LogP contribution is 2.32. The number of nitrogens with zero attached hydrogens (tertiary/aromatic N) is 2. The average Bonchev–Trinajstić information content (AvgIpc) is 2.74. The standard InChI is InChI=1S/C22H20ClF3N4O2/c23-15-2-5-17(6-3-15)30-10-9-29(12-19(30)22(24,25)26)13-21(32)27-16-4-7-18-14(11-16)1-8-20(31)28-18/h1-8,11,19H,9-10,12-13H2,(H,27,32)(H,28,31)/t19-/m0/s1. The maximum Gasteiger partial charge on any atom is 0.409 e. The Morgan fingerprint density at radius 2 is 1.84 bits per heavy atom. The smallest absolute Gasteiger partial charge is 0.357 e. The zero-order valence-electron chi connectivity index (χ0n) is 16.8. The first-order valence-corrected chi connectivity index (χ1v) is 10.3. The van der Waals surface area contributed by atoms with E-state index in [0.717, 1.165) is 5.39 Å². The number of pyridine rings is 1. The molecule has 0 unspecified atom stereocenters. The van der Waals surface area contributed by atoms with Gasteiger partial charge in [0.25, 0.3) is 0 Å². The van der Waals surface area contributed by atoms with Gasteiger partial charge in [0.05, 0.1) is 6.54 Å². The third-order valence-electron chi connectivity index (χ3n) is 5.38. The third kappa shape index (κ3) is 5.05. The number of rotatable bonds is 4. The molecule has 32 heavy (non-hydrogen) atoms. The highest BCUT2D eigenvalue weighted by Gasteiger charge is 2.46. The molecule has 1 atom stereocenters. The summed E-state index contributed by atoms with van der Waals surface area (Å²) >= 11 is 5.85. The van der Waals surface area contributed by atoms with Gasteiger partial charge < -0.3 is 15.2 Å². The van der Waals surface area contributed by atoms with E-state index in [4.69, 9.17) is 11.6 Å². The van der Waals surface area contributed by atoms with Crippen LogP contribution < -0.4 is 15.8 Å². The minimum atomic E-state index is -4.45. The number of benzene rings is 2. The Bertz CT molecular complexity index is 1180. The van der Waals surface area contributed by atoms with Crippen molar-refractivity contribution in [2.45, 2.75) is 12.2 Å². The fourth-order valence-corrected chi connectivity index (χ4v) is 3.97. The van der Waals surface area contributed by atoms with Crippen LogP contribution in [0.1, 0.15) is 0 Å². The Morgan fingerprint density at radius 3 is 2.56 bits per heavy atom. The van der Waals surface area contributed by atoms with Crippen molar-refractivity contribution in [3.05, 3.63) is 70.0 Å². The molecule has 0 bridgehead atoms. The molecule has 0 saturated carbocycles. The van der Waals surface area contributed by atoms with E-state index in [2.05, 4.69) is 10.3 Å². The van der Waals surface area contributed by atoms with Crippen LogP contribution in [-0.2, 0) is 4.79 Å². The molecule has 1 aliphatic heterocycles. The van der Waals surface area contributed by atoms with Gasteiger partial charge in [0.2, 0.25) is 11.5 Å². The molecule has 1 amide bonds. The molecule has 10 heteroatoms. The lowest BCUT2D eigenvalue weighted by Gasteiger charge is -2.43. The number of nitrogens with one attached hydrogen (secondary N) is 2. The minimum Gasteiger partial charge on any atom is -0.357 e. The Morgan fingerprint density at radius 1 is 1.09 bits per heavy atom. The van der Waals surface area contributed by atoms with Crippen molar-refractivity contribution >= 4 is 39.8 Å². The lowest BCUT2D eigenvalue weighted by atomic mass is 10.1. The van der Waals surface area contributed by atoms with Gasteiger partial charge in [0.1, 0.15) is 6.04 Å². The number of halogens is 4. The van der Waals surface area contributed by atoms with Gasteiger partial charge in [-0.3, -0.25) is 14.5 Å². The van der Waals surface area contributed by atoms with Gasteiger partial charge in [0, 0.05) is 53.0 Å². The number of hydrogen-bond donors (Lipinski definition) is 2. The van der Waals surface area contributed by atoms with Gasteiger partial charge in [-0.05, 0) is 48.5 Å². The van der Waals surface area contributed by atoms with Crippen LogP contribution in [0.4, 0.5) is 24.5 Å². The first-order valence-electron chi connectivity index (χ1n) is 9.93. The second-order valence-electron chi connectivity index (χ2n) is 7.64. The zero-order valence-corrected chi connectivity index (χ0v) is 17.6. The fourth-order valence-electron chi connectivity index (χ4n) is 3.84. The Labute approximate surface area is 186 Å². The largest absolute Gasteiger partial charge is 0.409 e. The number of aromatic amines is 1. The number of fused-ring (bicyclic) bond motifs is 1. The number of H-pyrrole nitrogens is 1. The summed E-state index contributed by atoms with van der Waals surface area (Å²) in [7, 11) is 0. The van der Waals surface area contributed by atoms with Crippen LogP contribution in [0.5, 0.6) is 0 Å². The number of aromatic nitrogens is 1. The van der Waals surface area contributed by atoms with E-state index in [9.17, 15) is 22.8 Å². The summed E-state index contributed by atoms with van der Waals surface area (Å²) in [5, 5.41) is 3.90. The summed E-state index contributed by atoms with van der Waals surface area (Å²) in [6, 6.07) is 12.5. The molecule has 168 valence electrons. The highest BCUT2D eigenvalue weighted by molar-refractivity contribution is 6.30. The number of piperazine rings is 1. The minimum absolute atomic E-state index is 0.127. The molecule has 3 aromatic rings. The van der Waals surface area contributed by atoms with Crippen LogP contribution in [0.3, 0.4) is 0 Å². The third-order valence-corrected chi connectivity index (χ3v) is 5.63. The van der Waals surface area contributed by atoms with E-state index >= 15 is 0 Å². The first kappa shape index (κ1) is 22.2. The lowest BCUT2D eigenvalue weighted by molar-refractivity contribution is -0.157. The topological polar surface area (TPSA) is 68.4 Å². The summed E-state index contributed by atoms with van der Waals surface area (Å²) in [6.07, 6.45) is -4.45. The maximum atomic E-state index is 13.8. The summed E-state index contributed by atoms with van der Waals surface area (Å²) < 4.78 is 41.3. The quantitative estimate of drug-likeness (QED) is 0.615. The first-order chi connectivity index (χ1) is 15.2. The second-order valence-corrected chi connectivity index (χ2v) is 8.07. The number of hydrogen-bond acceptors (Lipinski definition) is 4. The predicted molar refractivity (Wildman–Crippen MR) is 118 cm³/mol. The second kappa shape index (κ2) is 8.84. The van der Waals surface area contributed by atoms with Gasteiger partial charge in [-0.1, -0.05) is 11.6 Å². The Hall–Kier alpha value is -3.04. The van der Waals surface area contributed by atoms with Crippen LogP contribution >= 0.6 is 11.6 Å². The van der Waals surface area contributed by atoms with Gasteiger partial charge in [-0.25, -0.2) is 0 Å². The molecule has 2 aromatic carbocycles. The fraction of sp³-hybridized carbons (Fsp3) is 0.273. The van der Waals surface area contributed by atoms with Crippen LogP contribution in [-0.4, -0.2) is 54.2 Å². The Balaban J connectivity index is 1.43. The van der Waals surface area contributed by atoms with Crippen molar-refractivity contribution in [3.8, 4) is 0 Å². The van der Waals surface area contributed by atoms with Crippen LogP contribution in [0.15, 0.2) is 59.4 Å². The van der Waals surface area contributed by atoms with Crippen LogP contribution in [0.2, 0.25) is 5.02 Å². The molecule has 1 saturated heterocycles. The zero-order chi connectivity index (χ0) is 22.9. The summed E-state index contributed by atoms with van der Waals surface area (Å²) in [5.41, 5.74) is 1.34. The molecule has 0 aliphatic carbocycles. The van der Waals surface area contributed by atoms with Crippen molar-refractivity contribution in [2.24, 2.45) is 0 Å². The summed E-state index contributed by atoms with van der Waals surface area (Å²) in [4.78, 5) is 29.3. The van der Waals surface area contributed by atoms with Gasteiger partial charge in [0.15, 0.2) is 0 Å². The highest BCUT2D eigenvalue weighted by atomic mass is 35.5. The molecule has 1 fully saturated rings. The molecule has 1 aliphatic rings. The summed E-state index contributed by atoms with van der Waals surface area (Å²) in [6.45, 7) is -0.0484. The molecule has 0 spiro atoms. The molecule has 0 radical (unpaired) electrons. The van der Waals surface area contributed by atoms with Crippen molar-refractivity contribution in [1.82, 2.24) is 9.88 Å². The van der Waals surface area contributed by atoms with Gasteiger partial charge in [-0.15, -0.1) is 0 Å². The molecular weight excluding hydrogens is 445 g/mol. The van der Waals surface area contributed by atoms with Crippen molar-refractivity contribution < 1.29 is 18.0 Å². The molecule has 6 nitrogen and oxygen atoms in total. The number of carbonyl (C=O) groups is 1. The molecule has 2 heterocycles. The summed E-state index contributed by atoms with van der Waals surface area (Å²) in [5.74, 6) is -0.408. The predicted octanol–water partition coefficient (Wildman–Crippen LogP) is 3.87. The monoisotopic (exact) mass is 464 g/mol. The van der Waals surface area contributed by atoms with E-state index in [1.54, 1.807) is 48.5 Å². The van der Waals surface area contributed by atoms with E-state index in [-0.39, 0.29) is 25.2 Å².